The van der Waals surface area contributed by atoms with Gasteiger partial charge in [0.1, 0.15) is 5.75 Å². The lowest BCUT2D eigenvalue weighted by atomic mass is 10.1. The van der Waals surface area contributed by atoms with Crippen LogP contribution in [0.2, 0.25) is 0 Å². The summed E-state index contributed by atoms with van der Waals surface area (Å²) >= 11 is 0. The molecular formula is C26H24N2O2. The van der Waals surface area contributed by atoms with Crippen molar-refractivity contribution in [2.45, 2.75) is 13.5 Å². The van der Waals surface area contributed by atoms with Crippen molar-refractivity contribution in [3.63, 3.8) is 0 Å². The molecule has 0 spiro atoms. The first-order valence-corrected chi connectivity index (χ1v) is 9.97. The molecule has 4 aromatic rings. The molecule has 0 heterocycles. The number of benzene rings is 4. The summed E-state index contributed by atoms with van der Waals surface area (Å²) in [5.41, 5.74) is 4.09. The molecule has 4 aromatic carbocycles. The highest BCUT2D eigenvalue weighted by atomic mass is 16.5. The highest BCUT2D eigenvalue weighted by Crippen LogP contribution is 2.24. The van der Waals surface area contributed by atoms with Crippen LogP contribution in [0.1, 0.15) is 11.1 Å². The van der Waals surface area contributed by atoms with E-state index < -0.39 is 0 Å². The maximum atomic E-state index is 12.1. The van der Waals surface area contributed by atoms with Gasteiger partial charge in [-0.3, -0.25) is 4.79 Å². The average Bonchev–Trinajstić information content (AvgIpc) is 2.78. The van der Waals surface area contributed by atoms with E-state index in [1.807, 2.05) is 67.6 Å². The minimum Gasteiger partial charge on any atom is -0.484 e. The second kappa shape index (κ2) is 9.14. The van der Waals surface area contributed by atoms with E-state index in [-0.39, 0.29) is 12.5 Å². The topological polar surface area (TPSA) is 50.4 Å². The highest BCUT2D eigenvalue weighted by Gasteiger charge is 2.05. The zero-order chi connectivity index (χ0) is 20.8. The molecule has 150 valence electrons. The third kappa shape index (κ3) is 4.97. The van der Waals surface area contributed by atoms with Gasteiger partial charge in [0.2, 0.25) is 0 Å². The summed E-state index contributed by atoms with van der Waals surface area (Å²) in [6.07, 6.45) is 0. The van der Waals surface area contributed by atoms with Gasteiger partial charge >= 0.3 is 0 Å². The number of carbonyl (C=O) groups is 1. The Bertz CT molecular complexity index is 1150. The van der Waals surface area contributed by atoms with Crippen molar-refractivity contribution < 1.29 is 9.53 Å². The van der Waals surface area contributed by atoms with Crippen molar-refractivity contribution in [3.05, 3.63) is 102 Å². The number of fused-ring (bicyclic) bond motifs is 1. The van der Waals surface area contributed by atoms with E-state index >= 15 is 0 Å². The minimum absolute atomic E-state index is 0.0336. The molecule has 4 nitrogen and oxygen atoms in total. The molecule has 0 bridgehead atoms. The number of amides is 1. The van der Waals surface area contributed by atoms with Gasteiger partial charge in [0.05, 0.1) is 0 Å². The molecule has 2 N–H and O–H groups in total. The highest BCUT2D eigenvalue weighted by molar-refractivity contribution is 5.94. The van der Waals surface area contributed by atoms with Gasteiger partial charge in [-0.2, -0.15) is 0 Å². The molecule has 0 atom stereocenters. The summed E-state index contributed by atoms with van der Waals surface area (Å²) < 4.78 is 5.69. The fourth-order valence-electron chi connectivity index (χ4n) is 3.30. The largest absolute Gasteiger partial charge is 0.484 e. The Hall–Kier alpha value is -3.79. The molecule has 0 unspecified atom stereocenters. The number of rotatable bonds is 7. The van der Waals surface area contributed by atoms with E-state index in [2.05, 4.69) is 41.0 Å². The standard InChI is InChI=1S/C26H24N2O2/c1-19-12-14-22(15-13-19)28-26(29)18-30-23-9-4-6-20(16-23)17-27-25-11-5-8-21-7-2-3-10-24(21)25/h2-16,27H,17-18H2,1H3,(H,28,29). The van der Waals surface area contributed by atoms with Crippen LogP contribution in [0.5, 0.6) is 5.75 Å². The van der Waals surface area contributed by atoms with E-state index in [0.29, 0.717) is 12.3 Å². The molecule has 4 heteroatoms. The maximum Gasteiger partial charge on any atom is 0.262 e. The lowest BCUT2D eigenvalue weighted by Crippen LogP contribution is -2.20. The van der Waals surface area contributed by atoms with Gasteiger partial charge in [0.15, 0.2) is 6.61 Å². The van der Waals surface area contributed by atoms with Crippen LogP contribution in [0.15, 0.2) is 91.0 Å². The Morgan fingerprint density at radius 3 is 2.50 bits per heavy atom. The van der Waals surface area contributed by atoms with E-state index in [0.717, 1.165) is 22.5 Å². The predicted molar refractivity (Wildman–Crippen MR) is 123 cm³/mol. The van der Waals surface area contributed by atoms with Gasteiger partial charge in [0, 0.05) is 23.3 Å². The fraction of sp³-hybridized carbons (Fsp3) is 0.115. The summed E-state index contributed by atoms with van der Waals surface area (Å²) in [5, 5.41) is 8.74. The molecule has 1 amide bonds. The third-order valence-electron chi connectivity index (χ3n) is 4.88. The van der Waals surface area contributed by atoms with Gasteiger partial charge < -0.3 is 15.4 Å². The smallest absolute Gasteiger partial charge is 0.262 e. The summed E-state index contributed by atoms with van der Waals surface area (Å²) in [7, 11) is 0. The molecule has 0 aliphatic heterocycles. The van der Waals surface area contributed by atoms with Gasteiger partial charge in [0.25, 0.3) is 5.91 Å². The molecule has 0 aromatic heterocycles. The van der Waals surface area contributed by atoms with Crippen LogP contribution in [0.25, 0.3) is 10.8 Å². The van der Waals surface area contributed by atoms with Crippen LogP contribution in [0.3, 0.4) is 0 Å². The van der Waals surface area contributed by atoms with Crippen LogP contribution < -0.4 is 15.4 Å². The number of nitrogens with one attached hydrogen (secondary N) is 2. The number of carbonyl (C=O) groups excluding carboxylic acids is 1. The monoisotopic (exact) mass is 396 g/mol. The maximum absolute atomic E-state index is 12.1. The summed E-state index contributed by atoms with van der Waals surface area (Å²) in [6, 6.07) is 30.0. The Balaban J connectivity index is 1.34. The summed E-state index contributed by atoms with van der Waals surface area (Å²) in [4.78, 5) is 12.1. The Labute approximate surface area is 176 Å². The zero-order valence-corrected chi connectivity index (χ0v) is 16.9. The summed E-state index contributed by atoms with van der Waals surface area (Å²) in [5.74, 6) is 0.490. The lowest BCUT2D eigenvalue weighted by molar-refractivity contribution is -0.118. The van der Waals surface area contributed by atoms with Crippen LogP contribution >= 0.6 is 0 Å². The molecule has 0 aliphatic carbocycles. The van der Waals surface area contributed by atoms with Gasteiger partial charge in [-0.15, -0.1) is 0 Å². The van der Waals surface area contributed by atoms with E-state index in [4.69, 9.17) is 4.74 Å². The Morgan fingerprint density at radius 2 is 1.63 bits per heavy atom. The second-order valence-corrected chi connectivity index (χ2v) is 7.23. The molecule has 0 aliphatic rings. The number of anilines is 2. The first kappa shape index (κ1) is 19.5. The number of hydrogen-bond donors (Lipinski definition) is 2. The number of aryl methyl sites for hydroxylation is 1. The quantitative estimate of drug-likeness (QED) is 0.416. The van der Waals surface area contributed by atoms with E-state index in [9.17, 15) is 4.79 Å². The Morgan fingerprint density at radius 1 is 0.867 bits per heavy atom. The first-order chi connectivity index (χ1) is 14.7. The predicted octanol–water partition coefficient (Wildman–Crippen LogP) is 5.78. The lowest BCUT2D eigenvalue weighted by Gasteiger charge is -2.12. The van der Waals surface area contributed by atoms with Crippen molar-refractivity contribution in [1.29, 1.82) is 0 Å². The Kier molecular flexibility index (Phi) is 5.95. The number of hydrogen-bond acceptors (Lipinski definition) is 3. The van der Waals surface area contributed by atoms with E-state index in [1.165, 1.54) is 10.8 Å². The van der Waals surface area contributed by atoms with Crippen LogP contribution in [-0.4, -0.2) is 12.5 Å². The van der Waals surface area contributed by atoms with Crippen LogP contribution in [-0.2, 0) is 11.3 Å². The molecule has 4 rings (SSSR count). The molecule has 0 saturated heterocycles. The molecule has 30 heavy (non-hydrogen) atoms. The molecule has 0 fully saturated rings. The minimum atomic E-state index is -0.182. The van der Waals surface area contributed by atoms with Crippen molar-refractivity contribution >= 4 is 28.1 Å². The average molecular weight is 396 g/mol. The third-order valence-corrected chi connectivity index (χ3v) is 4.88. The molecule has 0 radical (unpaired) electrons. The molecule has 0 saturated carbocycles. The van der Waals surface area contributed by atoms with Crippen molar-refractivity contribution in [3.8, 4) is 5.75 Å². The SMILES string of the molecule is Cc1ccc(NC(=O)COc2cccc(CNc3cccc4ccccc34)c2)cc1. The second-order valence-electron chi connectivity index (χ2n) is 7.23. The van der Waals surface area contributed by atoms with Gasteiger partial charge in [-0.05, 0) is 48.2 Å². The van der Waals surface area contributed by atoms with Crippen LogP contribution in [0, 0.1) is 6.92 Å². The van der Waals surface area contributed by atoms with E-state index in [1.54, 1.807) is 0 Å². The van der Waals surface area contributed by atoms with Crippen molar-refractivity contribution in [2.75, 3.05) is 17.2 Å². The van der Waals surface area contributed by atoms with Crippen LogP contribution in [0.4, 0.5) is 11.4 Å². The fourth-order valence-corrected chi connectivity index (χ4v) is 3.30. The molecular weight excluding hydrogens is 372 g/mol. The normalized spacial score (nSPS) is 10.6. The van der Waals surface area contributed by atoms with Gasteiger partial charge in [-0.1, -0.05) is 66.2 Å². The van der Waals surface area contributed by atoms with Crippen molar-refractivity contribution in [2.24, 2.45) is 0 Å². The van der Waals surface area contributed by atoms with Crippen molar-refractivity contribution in [1.82, 2.24) is 0 Å². The summed E-state index contributed by atoms with van der Waals surface area (Å²) in [6.45, 7) is 2.64. The van der Waals surface area contributed by atoms with Gasteiger partial charge in [-0.25, -0.2) is 0 Å². The first-order valence-electron chi connectivity index (χ1n) is 9.97. The number of ether oxygens (including phenoxy) is 1. The zero-order valence-electron chi connectivity index (χ0n) is 16.9.